The summed E-state index contributed by atoms with van der Waals surface area (Å²) in [5.74, 6) is 0.514. The molecule has 1 N–H and O–H groups in total. The molecule has 0 aliphatic carbocycles. The number of hydrogen-bond donors (Lipinski definition) is 1. The Bertz CT molecular complexity index is 1410. The largest absolute Gasteiger partial charge is 0.338 e. The molecule has 3 heterocycles. The van der Waals surface area contributed by atoms with Crippen LogP contribution in [-0.4, -0.2) is 26.1 Å². The van der Waals surface area contributed by atoms with Crippen molar-refractivity contribution >= 4 is 40.8 Å². The third kappa shape index (κ3) is 3.11. The quantitative estimate of drug-likeness (QED) is 0.474. The summed E-state index contributed by atoms with van der Waals surface area (Å²) < 4.78 is 2.06. The second kappa shape index (κ2) is 7.34. The molecular weight excluding hydrogens is 418 g/mol. The van der Waals surface area contributed by atoms with Gasteiger partial charge in [-0.2, -0.15) is 4.98 Å². The Balaban J connectivity index is 1.60. The second-order valence-corrected chi connectivity index (χ2v) is 8.13. The minimum absolute atomic E-state index is 0.291. The molecule has 5 rings (SSSR count). The fraction of sp³-hybridized carbons (Fsp3) is 0.182. The standard InChI is InChI=1S/C22H18ClN5OS/c1-13-16(23)7-4-8-17(13)28-12-24-19-18(21(28)30)20(29)26-22(25-19)27-10-9-14-5-2-3-6-15(14)11-27/h2-8,12H,9-11H2,1H3,(H,25,26,29). The molecule has 0 bridgehead atoms. The van der Waals surface area contributed by atoms with Gasteiger partial charge in [0.05, 0.1) is 5.69 Å². The van der Waals surface area contributed by atoms with Crippen LogP contribution in [0, 0.1) is 11.6 Å². The first kappa shape index (κ1) is 19.0. The molecule has 0 fully saturated rings. The molecule has 0 saturated carbocycles. The van der Waals surface area contributed by atoms with E-state index in [1.54, 1.807) is 10.9 Å². The van der Waals surface area contributed by atoms with E-state index in [1.807, 2.05) is 31.2 Å². The van der Waals surface area contributed by atoms with E-state index in [4.69, 9.17) is 23.8 Å². The molecule has 1 aliphatic heterocycles. The number of rotatable bonds is 2. The molecule has 1 aliphatic rings. The average molecular weight is 436 g/mol. The normalized spacial score (nSPS) is 13.5. The second-order valence-electron chi connectivity index (χ2n) is 7.33. The van der Waals surface area contributed by atoms with Crippen molar-refractivity contribution in [3.8, 4) is 5.69 Å². The maximum atomic E-state index is 13.0. The summed E-state index contributed by atoms with van der Waals surface area (Å²) >= 11 is 11.9. The molecule has 4 aromatic rings. The summed E-state index contributed by atoms with van der Waals surface area (Å²) in [6.45, 7) is 3.38. The van der Waals surface area contributed by atoms with Gasteiger partial charge in [-0.1, -0.05) is 54.2 Å². The van der Waals surface area contributed by atoms with Crippen molar-refractivity contribution in [2.45, 2.75) is 19.9 Å². The number of nitrogens with one attached hydrogen (secondary N) is 1. The molecule has 0 saturated heterocycles. The van der Waals surface area contributed by atoms with E-state index in [0.717, 1.165) is 24.2 Å². The lowest BCUT2D eigenvalue weighted by atomic mass is 10.0. The van der Waals surface area contributed by atoms with E-state index < -0.39 is 0 Å². The Morgan fingerprint density at radius 1 is 1.13 bits per heavy atom. The zero-order chi connectivity index (χ0) is 20.8. The lowest BCUT2D eigenvalue weighted by molar-refractivity contribution is 0.707. The van der Waals surface area contributed by atoms with Crippen LogP contribution in [0.1, 0.15) is 16.7 Å². The number of aromatic amines is 1. The molecule has 2 aromatic heterocycles. The highest BCUT2D eigenvalue weighted by Gasteiger charge is 2.20. The Labute approximate surface area is 182 Å². The highest BCUT2D eigenvalue weighted by Crippen LogP contribution is 2.25. The van der Waals surface area contributed by atoms with E-state index in [0.29, 0.717) is 33.2 Å². The van der Waals surface area contributed by atoms with Crippen LogP contribution in [0.2, 0.25) is 5.02 Å². The molecule has 30 heavy (non-hydrogen) atoms. The molecular formula is C22H18ClN5OS. The predicted molar refractivity (Wildman–Crippen MR) is 121 cm³/mol. The predicted octanol–water partition coefficient (Wildman–Crippen LogP) is 4.36. The molecule has 0 atom stereocenters. The van der Waals surface area contributed by atoms with Crippen molar-refractivity contribution in [2.24, 2.45) is 0 Å². The molecule has 0 spiro atoms. The van der Waals surface area contributed by atoms with Gasteiger partial charge in [-0.25, -0.2) is 4.98 Å². The lowest BCUT2D eigenvalue weighted by Gasteiger charge is -2.29. The average Bonchev–Trinajstić information content (AvgIpc) is 2.75. The molecule has 8 heteroatoms. The number of H-pyrrole nitrogens is 1. The van der Waals surface area contributed by atoms with Crippen molar-refractivity contribution in [1.29, 1.82) is 0 Å². The minimum atomic E-state index is -0.291. The van der Waals surface area contributed by atoms with Gasteiger partial charge < -0.3 is 4.90 Å². The van der Waals surface area contributed by atoms with Crippen molar-refractivity contribution < 1.29 is 0 Å². The third-order valence-corrected chi connectivity index (χ3v) is 6.36. The number of hydrogen-bond acceptors (Lipinski definition) is 5. The molecule has 6 nitrogen and oxygen atoms in total. The van der Waals surface area contributed by atoms with Gasteiger partial charge in [0.1, 0.15) is 16.4 Å². The highest BCUT2D eigenvalue weighted by molar-refractivity contribution is 7.71. The van der Waals surface area contributed by atoms with Gasteiger partial charge in [0, 0.05) is 18.1 Å². The van der Waals surface area contributed by atoms with Crippen molar-refractivity contribution in [1.82, 2.24) is 19.5 Å². The van der Waals surface area contributed by atoms with Gasteiger partial charge in [-0.15, -0.1) is 0 Å². The molecule has 0 radical (unpaired) electrons. The highest BCUT2D eigenvalue weighted by atomic mass is 35.5. The van der Waals surface area contributed by atoms with Crippen molar-refractivity contribution in [3.63, 3.8) is 0 Å². The van der Waals surface area contributed by atoms with E-state index in [1.165, 1.54) is 11.1 Å². The van der Waals surface area contributed by atoms with Gasteiger partial charge in [0.25, 0.3) is 5.56 Å². The summed E-state index contributed by atoms with van der Waals surface area (Å²) in [5.41, 5.74) is 4.28. The first-order chi connectivity index (χ1) is 14.5. The van der Waals surface area contributed by atoms with Crippen LogP contribution in [0.4, 0.5) is 5.95 Å². The van der Waals surface area contributed by atoms with Gasteiger partial charge >= 0.3 is 0 Å². The van der Waals surface area contributed by atoms with Crippen LogP contribution in [0.25, 0.3) is 16.7 Å². The first-order valence-electron chi connectivity index (χ1n) is 9.62. The molecule has 150 valence electrons. The number of benzene rings is 2. The number of fused-ring (bicyclic) bond motifs is 2. The van der Waals surface area contributed by atoms with Crippen LogP contribution in [-0.2, 0) is 13.0 Å². The monoisotopic (exact) mass is 435 g/mol. The minimum Gasteiger partial charge on any atom is -0.338 e. The summed E-state index contributed by atoms with van der Waals surface area (Å²) in [6.07, 6.45) is 2.51. The van der Waals surface area contributed by atoms with Gasteiger partial charge in [0.2, 0.25) is 5.95 Å². The van der Waals surface area contributed by atoms with Crippen LogP contribution < -0.4 is 10.5 Å². The Morgan fingerprint density at radius 2 is 1.93 bits per heavy atom. The lowest BCUT2D eigenvalue weighted by Crippen LogP contribution is -2.33. The van der Waals surface area contributed by atoms with Crippen molar-refractivity contribution in [2.75, 3.05) is 11.4 Å². The Hall–Kier alpha value is -3.03. The van der Waals surface area contributed by atoms with Gasteiger partial charge in [0.15, 0.2) is 5.65 Å². The maximum Gasteiger partial charge on any atom is 0.264 e. The number of halogens is 1. The fourth-order valence-electron chi connectivity index (χ4n) is 3.88. The van der Waals surface area contributed by atoms with Crippen LogP contribution in [0.5, 0.6) is 0 Å². The van der Waals surface area contributed by atoms with E-state index in [2.05, 4.69) is 38.1 Å². The number of aromatic nitrogens is 4. The third-order valence-electron chi connectivity index (χ3n) is 5.54. The number of anilines is 1. The molecule has 0 amide bonds. The van der Waals surface area contributed by atoms with E-state index in [9.17, 15) is 4.79 Å². The van der Waals surface area contributed by atoms with Crippen LogP contribution >= 0.6 is 23.8 Å². The summed E-state index contributed by atoms with van der Waals surface area (Å²) in [4.78, 5) is 27.0. The van der Waals surface area contributed by atoms with Crippen LogP contribution in [0.3, 0.4) is 0 Å². The zero-order valence-electron chi connectivity index (χ0n) is 16.2. The van der Waals surface area contributed by atoms with Crippen molar-refractivity contribution in [3.05, 3.63) is 85.5 Å². The molecule has 0 unspecified atom stereocenters. The number of nitrogens with zero attached hydrogens (tertiary/aromatic N) is 4. The van der Waals surface area contributed by atoms with E-state index >= 15 is 0 Å². The topological polar surface area (TPSA) is 66.8 Å². The fourth-order valence-corrected chi connectivity index (χ4v) is 4.38. The van der Waals surface area contributed by atoms with Crippen LogP contribution in [0.15, 0.2) is 53.6 Å². The summed E-state index contributed by atoms with van der Waals surface area (Å²) in [7, 11) is 0. The maximum absolute atomic E-state index is 13.0. The Kier molecular flexibility index (Phi) is 4.64. The van der Waals surface area contributed by atoms with Gasteiger partial charge in [-0.3, -0.25) is 14.3 Å². The zero-order valence-corrected chi connectivity index (χ0v) is 17.8. The van der Waals surface area contributed by atoms with Gasteiger partial charge in [-0.05, 0) is 42.2 Å². The summed E-state index contributed by atoms with van der Waals surface area (Å²) in [5, 5.41) is 0.926. The molecule has 2 aromatic carbocycles. The smallest absolute Gasteiger partial charge is 0.264 e. The first-order valence-corrected chi connectivity index (χ1v) is 10.4. The van der Waals surface area contributed by atoms with E-state index in [-0.39, 0.29) is 5.56 Å². The summed E-state index contributed by atoms with van der Waals surface area (Å²) in [6, 6.07) is 13.9. The Morgan fingerprint density at radius 3 is 2.77 bits per heavy atom. The SMILES string of the molecule is Cc1c(Cl)cccc1-n1cnc2nc(N3CCc4ccccc4C3)[nH]c(=O)c2c1=S.